The smallest absolute Gasteiger partial charge is 0.277 e. The van der Waals surface area contributed by atoms with Crippen molar-refractivity contribution < 1.29 is 18.4 Å². The van der Waals surface area contributed by atoms with E-state index in [9.17, 15) is 23.2 Å². The second-order valence-corrected chi connectivity index (χ2v) is 7.83. The van der Waals surface area contributed by atoms with Crippen LogP contribution in [0.15, 0.2) is 46.3 Å². The number of carbonyl (C=O) groups excluding carboxylic acids is 2. The van der Waals surface area contributed by atoms with Gasteiger partial charge in [-0.1, -0.05) is 29.5 Å². The van der Waals surface area contributed by atoms with E-state index in [-0.39, 0.29) is 33.9 Å². The molecule has 2 aromatic carbocycles. The van der Waals surface area contributed by atoms with E-state index in [1.54, 1.807) is 6.07 Å². The monoisotopic (exact) mass is 459 g/mol. The Morgan fingerprint density at radius 2 is 1.84 bits per heavy atom. The molecule has 0 bridgehead atoms. The third-order valence-corrected chi connectivity index (χ3v) is 5.22. The number of aromatic nitrogens is 2. The molecule has 0 aliphatic rings. The van der Waals surface area contributed by atoms with Crippen molar-refractivity contribution in [3.8, 4) is 0 Å². The van der Waals surface area contributed by atoms with E-state index in [4.69, 9.17) is 5.73 Å². The first kappa shape index (κ1) is 22.9. The largest absolute Gasteiger partial charge is 0.382 e. The SMILES string of the molecule is Cc1ccc(NC(=O)CSc2nc(N)c(NC(=O)c3ccc(F)c(F)c3)c(=O)[nH]2)c(C)c1. The van der Waals surface area contributed by atoms with Gasteiger partial charge in [0.05, 0.1) is 5.75 Å². The Morgan fingerprint density at radius 3 is 2.50 bits per heavy atom. The van der Waals surface area contributed by atoms with E-state index in [0.717, 1.165) is 35.0 Å². The van der Waals surface area contributed by atoms with Crippen LogP contribution in [-0.4, -0.2) is 27.5 Å². The molecule has 0 aliphatic heterocycles. The second kappa shape index (κ2) is 9.60. The summed E-state index contributed by atoms with van der Waals surface area (Å²) in [4.78, 5) is 43.1. The van der Waals surface area contributed by atoms with Crippen LogP contribution in [0.25, 0.3) is 0 Å². The zero-order valence-electron chi connectivity index (χ0n) is 17.1. The molecule has 2 amide bonds. The molecule has 0 saturated heterocycles. The number of rotatable bonds is 6. The van der Waals surface area contributed by atoms with Crippen molar-refractivity contribution in [3.05, 3.63) is 75.1 Å². The van der Waals surface area contributed by atoms with Gasteiger partial charge in [-0.3, -0.25) is 19.4 Å². The van der Waals surface area contributed by atoms with Crippen molar-refractivity contribution in [2.75, 3.05) is 22.1 Å². The minimum absolute atomic E-state index is 0.0454. The maximum atomic E-state index is 13.3. The molecular weight excluding hydrogens is 440 g/mol. The van der Waals surface area contributed by atoms with Gasteiger partial charge in [-0.15, -0.1) is 0 Å². The van der Waals surface area contributed by atoms with E-state index >= 15 is 0 Å². The Bertz CT molecular complexity index is 1260. The lowest BCUT2D eigenvalue weighted by molar-refractivity contribution is -0.113. The van der Waals surface area contributed by atoms with Gasteiger partial charge >= 0.3 is 0 Å². The highest BCUT2D eigenvalue weighted by atomic mass is 32.2. The molecule has 0 atom stereocenters. The van der Waals surface area contributed by atoms with Gasteiger partial charge in [-0.25, -0.2) is 13.8 Å². The Kier molecular flexibility index (Phi) is 6.89. The Morgan fingerprint density at radius 1 is 1.09 bits per heavy atom. The zero-order chi connectivity index (χ0) is 23.4. The van der Waals surface area contributed by atoms with Gasteiger partial charge in [-0.05, 0) is 43.7 Å². The highest BCUT2D eigenvalue weighted by Gasteiger charge is 2.16. The Hall–Kier alpha value is -3.73. The number of aryl methyl sites for hydroxylation is 2. The number of anilines is 3. The average molecular weight is 459 g/mol. The number of nitrogens with one attached hydrogen (secondary N) is 3. The van der Waals surface area contributed by atoms with Crippen molar-refractivity contribution in [1.82, 2.24) is 9.97 Å². The van der Waals surface area contributed by atoms with E-state index < -0.39 is 23.1 Å². The number of hydrogen-bond donors (Lipinski definition) is 4. The van der Waals surface area contributed by atoms with Crippen LogP contribution in [0.4, 0.5) is 26.0 Å². The molecule has 166 valence electrons. The number of nitrogens with two attached hydrogens (primary N) is 1. The predicted molar refractivity (Wildman–Crippen MR) is 119 cm³/mol. The third-order valence-electron chi connectivity index (χ3n) is 4.34. The summed E-state index contributed by atoms with van der Waals surface area (Å²) in [6, 6.07) is 8.17. The minimum Gasteiger partial charge on any atom is -0.382 e. The molecule has 32 heavy (non-hydrogen) atoms. The van der Waals surface area contributed by atoms with Crippen molar-refractivity contribution in [3.63, 3.8) is 0 Å². The molecule has 1 aromatic heterocycles. The summed E-state index contributed by atoms with van der Waals surface area (Å²) in [6.07, 6.45) is 0. The van der Waals surface area contributed by atoms with Gasteiger partial charge in [0.25, 0.3) is 11.5 Å². The fraction of sp³-hybridized carbons (Fsp3) is 0.143. The van der Waals surface area contributed by atoms with Crippen molar-refractivity contribution in [2.24, 2.45) is 0 Å². The quantitative estimate of drug-likeness (QED) is 0.331. The highest BCUT2D eigenvalue weighted by Crippen LogP contribution is 2.20. The molecule has 1 heterocycles. The summed E-state index contributed by atoms with van der Waals surface area (Å²) in [5, 5.41) is 5.08. The van der Waals surface area contributed by atoms with Gasteiger partial charge in [0.15, 0.2) is 22.6 Å². The fourth-order valence-corrected chi connectivity index (χ4v) is 3.42. The molecule has 3 aromatic rings. The van der Waals surface area contributed by atoms with Crippen LogP contribution in [0.3, 0.4) is 0 Å². The minimum atomic E-state index is -1.21. The van der Waals surface area contributed by atoms with Crippen molar-refractivity contribution in [1.29, 1.82) is 0 Å². The summed E-state index contributed by atoms with van der Waals surface area (Å²) in [7, 11) is 0. The lowest BCUT2D eigenvalue weighted by Gasteiger charge is -2.10. The first-order valence-electron chi connectivity index (χ1n) is 9.30. The van der Waals surface area contributed by atoms with Crippen molar-refractivity contribution in [2.45, 2.75) is 19.0 Å². The molecule has 5 N–H and O–H groups in total. The molecular formula is C21H19F2N5O3S. The number of hydrogen-bond acceptors (Lipinski definition) is 6. The second-order valence-electron chi connectivity index (χ2n) is 6.87. The summed E-state index contributed by atoms with van der Waals surface area (Å²) in [5.74, 6) is -3.82. The number of aromatic amines is 1. The topological polar surface area (TPSA) is 130 Å². The van der Waals surface area contributed by atoms with E-state index in [1.165, 1.54) is 0 Å². The maximum absolute atomic E-state index is 13.3. The highest BCUT2D eigenvalue weighted by molar-refractivity contribution is 7.99. The number of H-pyrrole nitrogens is 1. The normalized spacial score (nSPS) is 10.6. The molecule has 0 fully saturated rings. The molecule has 0 radical (unpaired) electrons. The van der Waals surface area contributed by atoms with Crippen LogP contribution < -0.4 is 21.9 Å². The Balaban J connectivity index is 1.66. The summed E-state index contributed by atoms with van der Waals surface area (Å²) in [5.41, 5.74) is 7.13. The molecule has 11 heteroatoms. The number of thioether (sulfide) groups is 1. The van der Waals surface area contributed by atoms with E-state index in [0.29, 0.717) is 11.8 Å². The maximum Gasteiger partial charge on any atom is 0.277 e. The molecule has 0 aliphatic carbocycles. The van der Waals surface area contributed by atoms with E-state index in [1.807, 2.05) is 26.0 Å². The van der Waals surface area contributed by atoms with Crippen LogP contribution in [0.5, 0.6) is 0 Å². The van der Waals surface area contributed by atoms with Crippen molar-refractivity contribution >= 4 is 40.8 Å². The summed E-state index contributed by atoms with van der Waals surface area (Å²) in [6.45, 7) is 3.83. The summed E-state index contributed by atoms with van der Waals surface area (Å²) >= 11 is 0.950. The summed E-state index contributed by atoms with van der Waals surface area (Å²) < 4.78 is 26.3. The number of amides is 2. The lowest BCUT2D eigenvalue weighted by atomic mass is 10.1. The molecule has 0 saturated carbocycles. The number of carbonyl (C=O) groups is 2. The third kappa shape index (κ3) is 5.49. The van der Waals surface area contributed by atoms with E-state index in [2.05, 4.69) is 20.6 Å². The fourth-order valence-electron chi connectivity index (χ4n) is 2.76. The molecule has 0 unspecified atom stereocenters. The molecule has 3 rings (SSSR count). The van der Waals surface area contributed by atoms with Gasteiger partial charge in [-0.2, -0.15) is 0 Å². The zero-order valence-corrected chi connectivity index (χ0v) is 17.9. The van der Waals surface area contributed by atoms with Crippen LogP contribution in [0.2, 0.25) is 0 Å². The van der Waals surface area contributed by atoms with Gasteiger partial charge in [0, 0.05) is 11.3 Å². The van der Waals surface area contributed by atoms with Gasteiger partial charge in [0.1, 0.15) is 5.69 Å². The predicted octanol–water partition coefficient (Wildman–Crippen LogP) is 3.23. The van der Waals surface area contributed by atoms with Crippen LogP contribution in [-0.2, 0) is 4.79 Å². The Labute approximate surface area is 185 Å². The first-order chi connectivity index (χ1) is 15.1. The van der Waals surface area contributed by atoms with Crippen LogP contribution in [0.1, 0.15) is 21.5 Å². The number of nitrogens with zero attached hydrogens (tertiary/aromatic N) is 1. The number of nitrogen functional groups attached to an aromatic ring is 1. The van der Waals surface area contributed by atoms with Gasteiger partial charge < -0.3 is 16.4 Å². The molecule has 8 nitrogen and oxygen atoms in total. The lowest BCUT2D eigenvalue weighted by Crippen LogP contribution is -2.23. The van der Waals surface area contributed by atoms with Crippen LogP contribution in [0, 0.1) is 25.5 Å². The first-order valence-corrected chi connectivity index (χ1v) is 10.3. The average Bonchev–Trinajstić information content (AvgIpc) is 2.73. The van der Waals surface area contributed by atoms with Gasteiger partial charge in [0.2, 0.25) is 5.91 Å². The standard InChI is InChI=1S/C21H19F2N5O3S/c1-10-3-6-15(11(2)7-10)25-16(29)9-32-21-27-18(24)17(20(31)28-21)26-19(30)12-4-5-13(22)14(23)8-12/h3-8H,9H2,1-2H3,(H,25,29)(H,26,30)(H3,24,27,28,31). The van der Waals surface area contributed by atoms with Crippen LogP contribution >= 0.6 is 11.8 Å². The number of benzene rings is 2. The molecule has 0 spiro atoms. The number of halogens is 2.